The number of carbonyl (C=O) groups is 1. The Morgan fingerprint density at radius 1 is 1.13 bits per heavy atom. The highest BCUT2D eigenvalue weighted by Crippen LogP contribution is 2.35. The maximum Gasteiger partial charge on any atom is 0.416 e. The second-order valence-electron chi connectivity index (χ2n) is 7.43. The largest absolute Gasteiger partial charge is 0.497 e. The van der Waals surface area contributed by atoms with Crippen LogP contribution in [0.25, 0.3) is 11.5 Å². The smallest absolute Gasteiger partial charge is 0.416 e. The van der Waals surface area contributed by atoms with Gasteiger partial charge < -0.3 is 14.2 Å². The predicted octanol–water partition coefficient (Wildman–Crippen LogP) is 4.84. The van der Waals surface area contributed by atoms with Gasteiger partial charge >= 0.3 is 6.18 Å². The molecule has 31 heavy (non-hydrogen) atoms. The number of aromatic nitrogens is 2. The molecule has 2 atom stereocenters. The first kappa shape index (κ1) is 20.9. The van der Waals surface area contributed by atoms with Gasteiger partial charge in [0.2, 0.25) is 5.91 Å². The van der Waals surface area contributed by atoms with Crippen molar-refractivity contribution in [2.75, 3.05) is 13.7 Å². The lowest BCUT2D eigenvalue weighted by Gasteiger charge is -2.25. The van der Waals surface area contributed by atoms with Crippen LogP contribution >= 0.6 is 0 Å². The number of likely N-dealkylation sites (tertiary alicyclic amines) is 1. The zero-order chi connectivity index (χ0) is 22.2. The third-order valence-electron chi connectivity index (χ3n) is 5.49. The zero-order valence-corrected chi connectivity index (χ0v) is 16.9. The number of nitrogens with zero attached hydrogens (tertiary/aromatic N) is 3. The average Bonchev–Trinajstić information content (AvgIpc) is 3.40. The van der Waals surface area contributed by atoms with Crippen LogP contribution in [-0.2, 0) is 11.0 Å². The molecule has 1 aliphatic heterocycles. The fraction of sp³-hybridized carbons (Fsp3) is 0.318. The van der Waals surface area contributed by atoms with Gasteiger partial charge in [-0.15, -0.1) is 0 Å². The number of carbonyl (C=O) groups excluding carboxylic acids is 1. The maximum atomic E-state index is 12.7. The second kappa shape index (κ2) is 8.05. The Kier molecular flexibility index (Phi) is 5.43. The highest BCUT2D eigenvalue weighted by molar-refractivity contribution is 5.80. The molecule has 0 N–H and O–H groups in total. The maximum absolute atomic E-state index is 12.7. The summed E-state index contributed by atoms with van der Waals surface area (Å²) in [4.78, 5) is 18.7. The van der Waals surface area contributed by atoms with Gasteiger partial charge in [-0.1, -0.05) is 17.3 Å². The van der Waals surface area contributed by atoms with Gasteiger partial charge in [0, 0.05) is 24.4 Å². The van der Waals surface area contributed by atoms with Crippen LogP contribution in [0.4, 0.5) is 13.2 Å². The van der Waals surface area contributed by atoms with Crippen molar-refractivity contribution >= 4 is 5.91 Å². The van der Waals surface area contributed by atoms with E-state index in [-0.39, 0.29) is 30.2 Å². The summed E-state index contributed by atoms with van der Waals surface area (Å²) < 4.78 is 48.6. The minimum atomic E-state index is -4.41. The highest BCUT2D eigenvalue weighted by Gasteiger charge is 2.36. The lowest BCUT2D eigenvalue weighted by atomic mass is 10.1. The van der Waals surface area contributed by atoms with E-state index in [9.17, 15) is 18.0 Å². The van der Waals surface area contributed by atoms with Crippen LogP contribution in [0.1, 0.15) is 42.3 Å². The molecule has 0 bridgehead atoms. The Morgan fingerprint density at radius 2 is 1.81 bits per heavy atom. The standard InChI is InChI=1S/C22H20F3N3O3/c1-13(14-5-9-18(30-2)10-6-14)28-12-16(11-19(28)29)20-26-21(31-27-20)15-3-7-17(8-4-15)22(23,24)25/h3-10,13,16H,11-12H2,1-2H3. The third-order valence-corrected chi connectivity index (χ3v) is 5.49. The number of hydrogen-bond donors (Lipinski definition) is 0. The Morgan fingerprint density at radius 3 is 2.42 bits per heavy atom. The minimum absolute atomic E-state index is 0.0193. The molecule has 2 aromatic carbocycles. The summed E-state index contributed by atoms with van der Waals surface area (Å²) in [5.41, 5.74) is 0.619. The number of halogens is 3. The number of alkyl halides is 3. The lowest BCUT2D eigenvalue weighted by Crippen LogP contribution is -2.28. The van der Waals surface area contributed by atoms with Crippen molar-refractivity contribution in [1.82, 2.24) is 15.0 Å². The monoisotopic (exact) mass is 431 g/mol. The summed E-state index contributed by atoms with van der Waals surface area (Å²) in [7, 11) is 1.59. The Bertz CT molecular complexity index is 1060. The number of rotatable bonds is 5. The second-order valence-corrected chi connectivity index (χ2v) is 7.43. The van der Waals surface area contributed by atoms with Gasteiger partial charge in [-0.3, -0.25) is 4.79 Å². The van der Waals surface area contributed by atoms with Gasteiger partial charge in [-0.05, 0) is 48.9 Å². The molecule has 1 aromatic heterocycles. The van der Waals surface area contributed by atoms with Crippen LogP contribution in [0.15, 0.2) is 53.1 Å². The molecular formula is C22H20F3N3O3. The molecule has 0 spiro atoms. The fourth-order valence-corrected chi connectivity index (χ4v) is 3.66. The topological polar surface area (TPSA) is 68.5 Å². The fourth-order valence-electron chi connectivity index (χ4n) is 3.66. The first-order valence-corrected chi connectivity index (χ1v) is 9.71. The molecule has 1 aliphatic rings. The lowest BCUT2D eigenvalue weighted by molar-refractivity contribution is -0.137. The van der Waals surface area contributed by atoms with Gasteiger partial charge in [0.25, 0.3) is 5.89 Å². The van der Waals surface area contributed by atoms with E-state index in [2.05, 4.69) is 10.1 Å². The van der Waals surface area contributed by atoms with E-state index < -0.39 is 11.7 Å². The van der Waals surface area contributed by atoms with Gasteiger partial charge in [-0.2, -0.15) is 18.2 Å². The predicted molar refractivity (Wildman–Crippen MR) is 105 cm³/mol. The van der Waals surface area contributed by atoms with Crippen LogP contribution in [0.5, 0.6) is 5.75 Å². The van der Waals surface area contributed by atoms with Crippen LogP contribution in [0.3, 0.4) is 0 Å². The SMILES string of the molecule is COc1ccc(C(C)N2CC(c3noc(-c4ccc(C(F)(F)F)cc4)n3)CC2=O)cc1. The van der Waals surface area contributed by atoms with E-state index in [0.29, 0.717) is 17.9 Å². The Labute approximate surface area is 176 Å². The molecule has 0 radical (unpaired) electrons. The van der Waals surface area contributed by atoms with E-state index >= 15 is 0 Å². The molecule has 0 saturated carbocycles. The number of amides is 1. The van der Waals surface area contributed by atoms with Crippen LogP contribution in [0.2, 0.25) is 0 Å². The molecule has 1 fully saturated rings. The molecule has 1 amide bonds. The molecule has 2 heterocycles. The van der Waals surface area contributed by atoms with Crippen molar-refractivity contribution in [1.29, 1.82) is 0 Å². The summed E-state index contributed by atoms with van der Waals surface area (Å²) in [5, 5.41) is 3.97. The molecule has 9 heteroatoms. The normalized spacial score (nSPS) is 17.8. The van der Waals surface area contributed by atoms with E-state index in [0.717, 1.165) is 23.4 Å². The van der Waals surface area contributed by atoms with Crippen molar-refractivity contribution < 1.29 is 27.2 Å². The minimum Gasteiger partial charge on any atom is -0.497 e. The highest BCUT2D eigenvalue weighted by atomic mass is 19.4. The first-order chi connectivity index (χ1) is 14.8. The Hall–Kier alpha value is -3.36. The van der Waals surface area contributed by atoms with E-state index in [1.165, 1.54) is 12.1 Å². The number of benzene rings is 2. The summed E-state index contributed by atoms with van der Waals surface area (Å²) in [6.45, 7) is 2.38. The van der Waals surface area contributed by atoms with Gasteiger partial charge in [0.1, 0.15) is 5.75 Å². The first-order valence-electron chi connectivity index (χ1n) is 9.71. The van der Waals surface area contributed by atoms with Crippen molar-refractivity contribution in [2.24, 2.45) is 0 Å². The van der Waals surface area contributed by atoms with Crippen molar-refractivity contribution in [3.8, 4) is 17.2 Å². The van der Waals surface area contributed by atoms with E-state index in [1.807, 2.05) is 31.2 Å². The summed E-state index contributed by atoms with van der Waals surface area (Å²) >= 11 is 0. The van der Waals surface area contributed by atoms with Crippen LogP contribution in [-0.4, -0.2) is 34.6 Å². The van der Waals surface area contributed by atoms with Gasteiger partial charge in [-0.25, -0.2) is 0 Å². The molecule has 3 aromatic rings. The average molecular weight is 431 g/mol. The quantitative estimate of drug-likeness (QED) is 0.578. The number of methoxy groups -OCH3 is 1. The van der Waals surface area contributed by atoms with Crippen LogP contribution in [0, 0.1) is 0 Å². The number of hydrogen-bond acceptors (Lipinski definition) is 5. The molecular weight excluding hydrogens is 411 g/mol. The summed E-state index contributed by atoms with van der Waals surface area (Å²) in [6.07, 6.45) is -4.17. The molecule has 1 saturated heterocycles. The molecule has 0 aliphatic carbocycles. The van der Waals surface area contributed by atoms with Crippen molar-refractivity contribution in [3.63, 3.8) is 0 Å². The van der Waals surface area contributed by atoms with Crippen molar-refractivity contribution in [2.45, 2.75) is 31.5 Å². The van der Waals surface area contributed by atoms with Crippen LogP contribution < -0.4 is 4.74 Å². The zero-order valence-electron chi connectivity index (χ0n) is 16.9. The summed E-state index contributed by atoms with van der Waals surface area (Å²) in [6, 6.07) is 11.9. The number of ether oxygens (including phenoxy) is 1. The Balaban J connectivity index is 1.47. The molecule has 4 rings (SSSR count). The van der Waals surface area contributed by atoms with E-state index in [1.54, 1.807) is 12.0 Å². The molecule has 162 valence electrons. The van der Waals surface area contributed by atoms with E-state index in [4.69, 9.17) is 9.26 Å². The molecule has 6 nitrogen and oxygen atoms in total. The van der Waals surface area contributed by atoms with Gasteiger partial charge in [0.05, 0.1) is 18.7 Å². The third kappa shape index (κ3) is 4.26. The molecule has 2 unspecified atom stereocenters. The van der Waals surface area contributed by atoms with Gasteiger partial charge in [0.15, 0.2) is 5.82 Å². The summed E-state index contributed by atoms with van der Waals surface area (Å²) in [5.74, 6) is 0.962. The van der Waals surface area contributed by atoms with Crippen molar-refractivity contribution in [3.05, 3.63) is 65.5 Å².